The molecule has 1 aromatic carbocycles. The van der Waals surface area contributed by atoms with E-state index in [-0.39, 0.29) is 35.9 Å². The highest BCUT2D eigenvalue weighted by atomic mass is 16.4. The van der Waals surface area contributed by atoms with Crippen LogP contribution in [0, 0.1) is 0 Å². The summed E-state index contributed by atoms with van der Waals surface area (Å²) >= 11 is 0. The maximum absolute atomic E-state index is 12.6. The van der Waals surface area contributed by atoms with Gasteiger partial charge in [0, 0.05) is 24.0 Å². The molecule has 2 heterocycles. The van der Waals surface area contributed by atoms with E-state index >= 15 is 0 Å². The number of benzene rings is 1. The number of nitrogens with zero attached hydrogens (tertiary/aromatic N) is 2. The number of amides is 2. The van der Waals surface area contributed by atoms with Crippen LogP contribution in [0.1, 0.15) is 47.2 Å². The van der Waals surface area contributed by atoms with E-state index in [4.69, 9.17) is 26.1 Å². The molecule has 0 radical (unpaired) electrons. The minimum Gasteiger partial charge on any atom is -0.481 e. The fourth-order valence-electron chi connectivity index (χ4n) is 3.90. The van der Waals surface area contributed by atoms with Crippen LogP contribution in [0.25, 0.3) is 11.1 Å². The number of hydrogen-bond donors (Lipinski definition) is 7. The second kappa shape index (κ2) is 13.0. The first-order valence-corrected chi connectivity index (χ1v) is 12.1. The Labute approximate surface area is 226 Å². The molecule has 2 atom stereocenters. The molecule has 2 amide bonds. The summed E-state index contributed by atoms with van der Waals surface area (Å²) in [5.41, 5.74) is 13.7. The molecule has 2 aromatic heterocycles. The summed E-state index contributed by atoms with van der Waals surface area (Å²) in [6, 6.07) is 3.62. The van der Waals surface area contributed by atoms with Gasteiger partial charge >= 0.3 is 17.9 Å². The molecule has 0 fully saturated rings. The number of aromatic nitrogens is 2. The van der Waals surface area contributed by atoms with Crippen molar-refractivity contribution < 1.29 is 43.7 Å². The van der Waals surface area contributed by atoms with Crippen LogP contribution >= 0.6 is 0 Å². The van der Waals surface area contributed by atoms with E-state index in [1.165, 1.54) is 18.4 Å². The number of aliphatic carboxylic acids is 3. The molecular formula is C25H28N6O9. The Balaban J connectivity index is 1.54. The highest BCUT2D eigenvalue weighted by molar-refractivity contribution is 5.96. The average Bonchev–Trinajstić information content (AvgIpc) is 3.30. The zero-order chi connectivity index (χ0) is 29.4. The van der Waals surface area contributed by atoms with Crippen LogP contribution in [0.2, 0.25) is 0 Å². The molecule has 0 aliphatic carbocycles. The Kier molecular flexibility index (Phi) is 9.56. The SMILES string of the molecule is Nc1nc(N)c2c(CCc3ccc(C(=O)NC(CCC(=O)N[C@@H](CCC(=O)O)C(=O)O)C(=O)O)cc3)coc2n1. The van der Waals surface area contributed by atoms with Crippen molar-refractivity contribution in [2.45, 2.75) is 50.6 Å². The van der Waals surface area contributed by atoms with Crippen LogP contribution in [-0.2, 0) is 32.0 Å². The number of aryl methyl sites for hydroxylation is 2. The van der Waals surface area contributed by atoms with Gasteiger partial charge in [0.05, 0.1) is 11.6 Å². The van der Waals surface area contributed by atoms with E-state index in [1.807, 2.05) is 0 Å². The lowest BCUT2D eigenvalue weighted by atomic mass is 10.0. The summed E-state index contributed by atoms with van der Waals surface area (Å²) < 4.78 is 5.40. The monoisotopic (exact) mass is 556 g/mol. The zero-order valence-corrected chi connectivity index (χ0v) is 21.1. The zero-order valence-electron chi connectivity index (χ0n) is 21.1. The summed E-state index contributed by atoms with van der Waals surface area (Å²) in [7, 11) is 0. The van der Waals surface area contributed by atoms with Gasteiger partial charge in [0.2, 0.25) is 17.6 Å². The Morgan fingerprint density at radius 2 is 1.48 bits per heavy atom. The molecule has 3 rings (SSSR count). The Hall–Kier alpha value is -5.21. The summed E-state index contributed by atoms with van der Waals surface area (Å²) in [6.07, 6.45) is 1.12. The van der Waals surface area contributed by atoms with Gasteiger partial charge in [-0.3, -0.25) is 14.4 Å². The molecule has 0 aliphatic rings. The first-order chi connectivity index (χ1) is 18.9. The molecule has 0 aliphatic heterocycles. The molecular weight excluding hydrogens is 528 g/mol. The minimum absolute atomic E-state index is 0.00739. The number of nitrogens with two attached hydrogens (primary N) is 2. The first kappa shape index (κ1) is 29.3. The van der Waals surface area contributed by atoms with Crippen molar-refractivity contribution in [2.75, 3.05) is 11.5 Å². The summed E-state index contributed by atoms with van der Waals surface area (Å²) in [6.45, 7) is 0. The minimum atomic E-state index is -1.43. The number of carboxylic acids is 3. The van der Waals surface area contributed by atoms with Crippen molar-refractivity contribution in [3.8, 4) is 0 Å². The fourth-order valence-corrected chi connectivity index (χ4v) is 3.90. The lowest BCUT2D eigenvalue weighted by Gasteiger charge is -2.16. The summed E-state index contributed by atoms with van der Waals surface area (Å²) in [5, 5.41) is 32.4. The molecule has 9 N–H and O–H groups in total. The van der Waals surface area contributed by atoms with Gasteiger partial charge in [0.15, 0.2) is 0 Å². The van der Waals surface area contributed by atoms with Crippen LogP contribution in [0.5, 0.6) is 0 Å². The number of rotatable bonds is 14. The van der Waals surface area contributed by atoms with Crippen molar-refractivity contribution >= 4 is 52.6 Å². The van der Waals surface area contributed by atoms with Gasteiger partial charge in [-0.1, -0.05) is 12.1 Å². The Morgan fingerprint density at radius 3 is 2.10 bits per heavy atom. The lowest BCUT2D eigenvalue weighted by Crippen LogP contribution is -2.44. The average molecular weight is 557 g/mol. The molecule has 15 nitrogen and oxygen atoms in total. The number of carboxylic acid groups (broad SMARTS) is 3. The highest BCUT2D eigenvalue weighted by Gasteiger charge is 2.25. The van der Waals surface area contributed by atoms with Crippen LogP contribution in [0.15, 0.2) is 34.9 Å². The predicted molar refractivity (Wildman–Crippen MR) is 139 cm³/mol. The molecule has 1 unspecified atom stereocenters. The number of nitrogens with one attached hydrogen (secondary N) is 2. The van der Waals surface area contributed by atoms with Crippen LogP contribution < -0.4 is 22.1 Å². The number of carbonyl (C=O) groups excluding carboxylic acids is 2. The van der Waals surface area contributed by atoms with Gasteiger partial charge in [-0.25, -0.2) is 9.59 Å². The normalized spacial score (nSPS) is 12.4. The smallest absolute Gasteiger partial charge is 0.326 e. The Bertz CT molecular complexity index is 1420. The van der Waals surface area contributed by atoms with Crippen molar-refractivity contribution in [1.82, 2.24) is 20.6 Å². The number of fused-ring (bicyclic) bond motifs is 1. The topological polar surface area (TPSA) is 261 Å². The van der Waals surface area contributed by atoms with Crippen molar-refractivity contribution in [3.63, 3.8) is 0 Å². The van der Waals surface area contributed by atoms with Crippen LogP contribution in [0.4, 0.5) is 11.8 Å². The Morgan fingerprint density at radius 1 is 0.850 bits per heavy atom. The van der Waals surface area contributed by atoms with E-state index in [1.54, 1.807) is 12.1 Å². The molecule has 15 heteroatoms. The highest BCUT2D eigenvalue weighted by Crippen LogP contribution is 2.26. The van der Waals surface area contributed by atoms with Crippen LogP contribution in [-0.4, -0.2) is 67.1 Å². The molecule has 0 bridgehead atoms. The largest absolute Gasteiger partial charge is 0.481 e. The second-order valence-corrected chi connectivity index (χ2v) is 8.90. The summed E-state index contributed by atoms with van der Waals surface area (Å²) in [5.74, 6) is -5.26. The lowest BCUT2D eigenvalue weighted by molar-refractivity contribution is -0.143. The van der Waals surface area contributed by atoms with Gasteiger partial charge in [-0.2, -0.15) is 9.97 Å². The third-order valence-corrected chi connectivity index (χ3v) is 6.00. The third kappa shape index (κ3) is 7.89. The van der Waals surface area contributed by atoms with E-state index in [0.717, 1.165) is 11.1 Å². The number of nitrogen functional groups attached to an aromatic ring is 2. The maximum Gasteiger partial charge on any atom is 0.326 e. The van der Waals surface area contributed by atoms with Crippen molar-refractivity contribution in [2.24, 2.45) is 0 Å². The van der Waals surface area contributed by atoms with Gasteiger partial charge in [-0.15, -0.1) is 0 Å². The maximum atomic E-state index is 12.6. The van der Waals surface area contributed by atoms with Crippen molar-refractivity contribution in [1.29, 1.82) is 0 Å². The number of furan rings is 1. The van der Waals surface area contributed by atoms with E-state index in [2.05, 4.69) is 20.6 Å². The molecule has 3 aromatic rings. The first-order valence-electron chi connectivity index (χ1n) is 12.1. The number of hydrogen-bond acceptors (Lipinski definition) is 10. The van der Waals surface area contributed by atoms with E-state index in [9.17, 15) is 29.1 Å². The van der Waals surface area contributed by atoms with Gasteiger partial charge in [0.1, 0.15) is 17.9 Å². The number of anilines is 2. The molecule has 0 saturated heterocycles. The summed E-state index contributed by atoms with van der Waals surface area (Å²) in [4.78, 5) is 66.2. The number of carbonyl (C=O) groups is 5. The van der Waals surface area contributed by atoms with E-state index < -0.39 is 54.6 Å². The molecule has 0 spiro atoms. The molecule has 0 saturated carbocycles. The predicted octanol–water partition coefficient (Wildman–Crippen LogP) is 0.570. The van der Waals surface area contributed by atoms with E-state index in [0.29, 0.717) is 18.2 Å². The third-order valence-electron chi connectivity index (χ3n) is 6.00. The fraction of sp³-hybridized carbons (Fsp3) is 0.320. The molecule has 212 valence electrons. The standard InChI is InChI=1S/C25H28N6O9/c26-20-19-14(11-40-22(19)31-25(27)30-20)6-3-12-1-4-13(5-2-12)21(35)29-16(24(38)39)7-9-17(32)28-15(23(36)37)8-10-18(33)34/h1-2,4-5,11,15-16H,3,6-10H2,(H,28,32)(H,29,35)(H,33,34)(H,36,37)(H,38,39)(H4,26,27,30,31)/t15-,16?/m0/s1. The second-order valence-electron chi connectivity index (χ2n) is 8.90. The van der Waals surface area contributed by atoms with Gasteiger partial charge in [0.25, 0.3) is 5.91 Å². The van der Waals surface area contributed by atoms with Gasteiger partial charge in [-0.05, 0) is 43.4 Å². The van der Waals surface area contributed by atoms with Crippen LogP contribution in [0.3, 0.4) is 0 Å². The van der Waals surface area contributed by atoms with Gasteiger partial charge < -0.3 is 41.8 Å². The quantitative estimate of drug-likeness (QED) is 0.143. The van der Waals surface area contributed by atoms with Crippen molar-refractivity contribution in [3.05, 3.63) is 47.2 Å². The molecule has 40 heavy (non-hydrogen) atoms.